The molecule has 4 N–H and O–H groups in total. The third-order valence-corrected chi connectivity index (χ3v) is 5.75. The summed E-state index contributed by atoms with van der Waals surface area (Å²) in [6.07, 6.45) is -5.70. The Morgan fingerprint density at radius 3 is 1.82 bits per heavy atom. The Balaban J connectivity index is 1.80. The molecule has 10 heteroatoms. The predicted molar refractivity (Wildman–Crippen MR) is 121 cm³/mol. The molecular formula is C24H32O10. The first-order valence-electron chi connectivity index (χ1n) is 10.8. The molecule has 3 rings (SSSR count). The zero-order valence-corrected chi connectivity index (χ0v) is 19.6. The molecule has 0 spiro atoms. The van der Waals surface area contributed by atoms with E-state index in [-0.39, 0.29) is 5.75 Å². The van der Waals surface area contributed by atoms with Gasteiger partial charge < -0.3 is 48.8 Å². The molecule has 34 heavy (non-hydrogen) atoms. The lowest BCUT2D eigenvalue weighted by molar-refractivity contribution is -0.277. The van der Waals surface area contributed by atoms with Crippen molar-refractivity contribution >= 4 is 0 Å². The number of benzene rings is 2. The van der Waals surface area contributed by atoms with Gasteiger partial charge in [-0.25, -0.2) is 0 Å². The summed E-state index contributed by atoms with van der Waals surface area (Å²) in [5.74, 6) is 2.13. The first-order chi connectivity index (χ1) is 16.4. The van der Waals surface area contributed by atoms with Gasteiger partial charge in [-0.3, -0.25) is 0 Å². The van der Waals surface area contributed by atoms with Crippen LogP contribution in [0.2, 0.25) is 0 Å². The van der Waals surface area contributed by atoms with E-state index in [4.69, 9.17) is 28.4 Å². The minimum Gasteiger partial charge on any atom is -0.493 e. The van der Waals surface area contributed by atoms with Crippen LogP contribution in [0.15, 0.2) is 30.3 Å². The van der Waals surface area contributed by atoms with Gasteiger partial charge in [-0.2, -0.15) is 0 Å². The van der Waals surface area contributed by atoms with Gasteiger partial charge in [-0.1, -0.05) is 6.07 Å². The summed E-state index contributed by atoms with van der Waals surface area (Å²) in [6.45, 7) is -0.561. The Hall–Kier alpha value is -2.76. The van der Waals surface area contributed by atoms with Crippen molar-refractivity contribution in [1.82, 2.24) is 0 Å². The molecule has 0 saturated carbocycles. The first-order valence-corrected chi connectivity index (χ1v) is 10.8. The summed E-state index contributed by atoms with van der Waals surface area (Å²) in [4.78, 5) is 0. The van der Waals surface area contributed by atoms with Crippen LogP contribution in [0.5, 0.6) is 28.7 Å². The second kappa shape index (κ2) is 11.6. The SMILES string of the molecule is COc1ccc(CCc2cc(OC)c(O[C@@H]3O[C@H](CO)[C@@H](O)[C@H](O)[C@H]3O)c(OC)c2)cc1OC. The van der Waals surface area contributed by atoms with Crippen molar-refractivity contribution in [1.29, 1.82) is 0 Å². The van der Waals surface area contributed by atoms with E-state index < -0.39 is 37.3 Å². The molecule has 1 heterocycles. The molecule has 1 aliphatic heterocycles. The highest BCUT2D eigenvalue weighted by molar-refractivity contribution is 5.54. The molecular weight excluding hydrogens is 448 g/mol. The maximum Gasteiger partial charge on any atom is 0.229 e. The topological polar surface area (TPSA) is 136 Å². The molecule has 2 aromatic carbocycles. The normalized spacial score (nSPS) is 24.4. The molecule has 0 unspecified atom stereocenters. The number of aryl methyl sites for hydroxylation is 2. The van der Waals surface area contributed by atoms with Crippen LogP contribution in [0.4, 0.5) is 0 Å². The van der Waals surface area contributed by atoms with Gasteiger partial charge in [-0.15, -0.1) is 0 Å². The minimum atomic E-state index is -1.56. The molecule has 0 bridgehead atoms. The summed E-state index contributed by atoms with van der Waals surface area (Å²) < 4.78 is 32.9. The maximum absolute atomic E-state index is 10.3. The molecule has 0 radical (unpaired) electrons. The molecule has 2 aromatic rings. The first kappa shape index (κ1) is 25.9. The zero-order valence-electron chi connectivity index (χ0n) is 19.6. The van der Waals surface area contributed by atoms with Crippen LogP contribution in [-0.4, -0.2) is 86.2 Å². The summed E-state index contributed by atoms with van der Waals surface area (Å²) in [5, 5.41) is 39.7. The minimum absolute atomic E-state index is 0.157. The van der Waals surface area contributed by atoms with Gasteiger partial charge in [0.2, 0.25) is 12.0 Å². The van der Waals surface area contributed by atoms with Crippen LogP contribution in [0.25, 0.3) is 0 Å². The maximum atomic E-state index is 10.3. The number of hydrogen-bond donors (Lipinski definition) is 4. The molecule has 10 nitrogen and oxygen atoms in total. The smallest absolute Gasteiger partial charge is 0.229 e. The van der Waals surface area contributed by atoms with Gasteiger partial charge in [0.25, 0.3) is 0 Å². The van der Waals surface area contributed by atoms with Crippen LogP contribution in [-0.2, 0) is 17.6 Å². The Morgan fingerprint density at radius 1 is 0.706 bits per heavy atom. The number of rotatable bonds is 10. The zero-order chi connectivity index (χ0) is 24.8. The van der Waals surface area contributed by atoms with Crippen LogP contribution < -0.4 is 23.7 Å². The Bertz CT molecular complexity index is 922. The van der Waals surface area contributed by atoms with Crippen molar-refractivity contribution in [2.45, 2.75) is 43.5 Å². The molecule has 1 aliphatic rings. The molecule has 188 valence electrons. The van der Waals surface area contributed by atoms with E-state index in [9.17, 15) is 20.4 Å². The van der Waals surface area contributed by atoms with Gasteiger partial charge in [0.05, 0.1) is 35.0 Å². The van der Waals surface area contributed by atoms with E-state index in [1.165, 1.54) is 14.2 Å². The van der Waals surface area contributed by atoms with Crippen LogP contribution in [0, 0.1) is 0 Å². The number of hydrogen-bond acceptors (Lipinski definition) is 10. The number of methoxy groups -OCH3 is 4. The largest absolute Gasteiger partial charge is 0.493 e. The molecule has 1 fully saturated rings. The van der Waals surface area contributed by atoms with Crippen molar-refractivity contribution in [2.75, 3.05) is 35.0 Å². The summed E-state index contributed by atoms with van der Waals surface area (Å²) in [7, 11) is 6.11. The van der Waals surface area contributed by atoms with Crippen molar-refractivity contribution < 1.29 is 48.8 Å². The van der Waals surface area contributed by atoms with Crippen molar-refractivity contribution in [3.63, 3.8) is 0 Å². The second-order valence-corrected chi connectivity index (χ2v) is 7.83. The lowest BCUT2D eigenvalue weighted by atomic mass is 9.99. The van der Waals surface area contributed by atoms with Gasteiger partial charge in [0.15, 0.2) is 23.0 Å². The van der Waals surface area contributed by atoms with Crippen LogP contribution in [0.1, 0.15) is 11.1 Å². The number of ether oxygens (including phenoxy) is 6. The van der Waals surface area contributed by atoms with E-state index in [0.29, 0.717) is 35.8 Å². The fraction of sp³-hybridized carbons (Fsp3) is 0.500. The van der Waals surface area contributed by atoms with Crippen LogP contribution in [0.3, 0.4) is 0 Å². The van der Waals surface area contributed by atoms with E-state index >= 15 is 0 Å². The lowest BCUT2D eigenvalue weighted by Crippen LogP contribution is -2.60. The van der Waals surface area contributed by atoms with E-state index in [1.807, 2.05) is 18.2 Å². The monoisotopic (exact) mass is 480 g/mol. The molecule has 0 aromatic heterocycles. The van der Waals surface area contributed by atoms with Gasteiger partial charge in [0.1, 0.15) is 24.4 Å². The fourth-order valence-electron chi connectivity index (χ4n) is 3.80. The fourth-order valence-corrected chi connectivity index (χ4v) is 3.80. The van der Waals surface area contributed by atoms with E-state index in [1.54, 1.807) is 26.4 Å². The average Bonchev–Trinajstić information content (AvgIpc) is 2.87. The quantitative estimate of drug-likeness (QED) is 0.384. The van der Waals surface area contributed by atoms with Gasteiger partial charge in [0, 0.05) is 0 Å². The number of aliphatic hydroxyl groups excluding tert-OH is 4. The summed E-state index contributed by atoms with van der Waals surface area (Å²) >= 11 is 0. The van der Waals surface area contributed by atoms with E-state index in [2.05, 4.69) is 0 Å². The second-order valence-electron chi connectivity index (χ2n) is 7.83. The standard InChI is InChI=1S/C24H32O10/c1-29-15-8-7-13(9-16(15)30-2)5-6-14-10-17(31-3)23(18(11-14)32-4)34-24-22(28)21(27)20(26)19(12-25)33-24/h7-11,19-22,24-28H,5-6,12H2,1-4H3/t19-,20-,21+,22-,24+/m1/s1. The van der Waals surface area contributed by atoms with Crippen molar-refractivity contribution in [3.05, 3.63) is 41.5 Å². The van der Waals surface area contributed by atoms with E-state index in [0.717, 1.165) is 11.1 Å². The molecule has 0 aliphatic carbocycles. The predicted octanol–water partition coefficient (Wildman–Crippen LogP) is 0.685. The third-order valence-electron chi connectivity index (χ3n) is 5.75. The van der Waals surface area contributed by atoms with Crippen molar-refractivity contribution in [3.8, 4) is 28.7 Å². The highest BCUT2D eigenvalue weighted by atomic mass is 16.7. The number of aliphatic hydroxyl groups is 4. The Labute approximate surface area is 198 Å². The highest BCUT2D eigenvalue weighted by Gasteiger charge is 2.45. The summed E-state index contributed by atoms with van der Waals surface area (Å²) in [6, 6.07) is 9.30. The highest BCUT2D eigenvalue weighted by Crippen LogP contribution is 2.41. The van der Waals surface area contributed by atoms with Gasteiger partial charge >= 0.3 is 0 Å². The Kier molecular flexibility index (Phi) is 8.81. The molecule has 0 amide bonds. The molecule has 5 atom stereocenters. The lowest BCUT2D eigenvalue weighted by Gasteiger charge is -2.39. The summed E-state index contributed by atoms with van der Waals surface area (Å²) in [5.41, 5.74) is 1.96. The van der Waals surface area contributed by atoms with Gasteiger partial charge in [-0.05, 0) is 48.2 Å². The third kappa shape index (κ3) is 5.48. The Morgan fingerprint density at radius 2 is 1.26 bits per heavy atom. The average molecular weight is 481 g/mol. The van der Waals surface area contributed by atoms with Crippen molar-refractivity contribution in [2.24, 2.45) is 0 Å². The van der Waals surface area contributed by atoms with Crippen LogP contribution >= 0.6 is 0 Å². The molecule has 1 saturated heterocycles.